The lowest BCUT2D eigenvalue weighted by atomic mass is 10.0. The molecule has 4 aromatic rings. The number of amides is 4. The van der Waals surface area contributed by atoms with Crippen LogP contribution in [0.15, 0.2) is 54.7 Å². The summed E-state index contributed by atoms with van der Waals surface area (Å²) in [5, 5.41) is 5.37. The van der Waals surface area contributed by atoms with Crippen molar-refractivity contribution in [2.24, 2.45) is 0 Å². The van der Waals surface area contributed by atoms with Crippen molar-refractivity contribution in [3.63, 3.8) is 0 Å². The van der Waals surface area contributed by atoms with E-state index < -0.39 is 29.7 Å². The minimum atomic E-state index is -1.00. The van der Waals surface area contributed by atoms with Gasteiger partial charge in [-0.3, -0.25) is 38.7 Å². The van der Waals surface area contributed by atoms with Crippen molar-refractivity contribution in [3.05, 3.63) is 65.9 Å². The van der Waals surface area contributed by atoms with Gasteiger partial charge in [-0.1, -0.05) is 18.2 Å². The van der Waals surface area contributed by atoms with Crippen LogP contribution in [0.25, 0.3) is 16.8 Å². The molecule has 2 aromatic carbocycles. The maximum Gasteiger partial charge on any atom is 0.264 e. The van der Waals surface area contributed by atoms with Gasteiger partial charge in [0.15, 0.2) is 0 Å². The van der Waals surface area contributed by atoms with E-state index in [1.54, 1.807) is 18.2 Å². The molecule has 2 aromatic heterocycles. The van der Waals surface area contributed by atoms with Crippen molar-refractivity contribution in [3.8, 4) is 0 Å². The molecule has 3 aliphatic heterocycles. The van der Waals surface area contributed by atoms with Gasteiger partial charge >= 0.3 is 0 Å². The van der Waals surface area contributed by atoms with E-state index in [1.165, 1.54) is 0 Å². The number of imide groups is 2. The maximum absolute atomic E-state index is 13.2. The highest BCUT2D eigenvalue weighted by Gasteiger charge is 2.45. The molecule has 2 fully saturated rings. The molecule has 262 valence electrons. The third-order valence-electron chi connectivity index (χ3n) is 9.19. The van der Waals surface area contributed by atoms with E-state index in [1.807, 2.05) is 28.8 Å². The molecule has 0 radical (unpaired) electrons. The zero-order chi connectivity index (χ0) is 34.5. The molecule has 50 heavy (non-hydrogen) atoms. The second kappa shape index (κ2) is 15.3. The van der Waals surface area contributed by atoms with Gasteiger partial charge in [-0.25, -0.2) is 4.98 Å². The first kappa shape index (κ1) is 33.5. The molecule has 5 heterocycles. The number of para-hydroxylation sites is 2. The summed E-state index contributed by atoms with van der Waals surface area (Å²) in [5.41, 5.74) is 2.96. The van der Waals surface area contributed by atoms with E-state index >= 15 is 0 Å². The van der Waals surface area contributed by atoms with Gasteiger partial charge in [0, 0.05) is 57.6 Å². The number of hydrogen-bond donors (Lipinski definition) is 2. The number of anilines is 2. The lowest BCUT2D eigenvalue weighted by Gasteiger charge is -2.35. The smallest absolute Gasteiger partial charge is 0.264 e. The molecule has 3 aliphatic rings. The highest BCUT2D eigenvalue weighted by Crippen LogP contribution is 2.32. The number of carbonyl (C=O) groups excluding carboxylic acids is 4. The summed E-state index contributed by atoms with van der Waals surface area (Å²) in [5.74, 6) is -0.453. The summed E-state index contributed by atoms with van der Waals surface area (Å²) in [7, 11) is 0. The quantitative estimate of drug-likeness (QED) is 0.138. The number of imidazole rings is 1. The van der Waals surface area contributed by atoms with Crippen LogP contribution in [-0.4, -0.2) is 133 Å². The molecule has 1 atom stereocenters. The fraction of sp³-hybridized carbons (Fsp3) is 0.429. The van der Waals surface area contributed by atoms with Gasteiger partial charge in [-0.2, -0.15) is 4.98 Å². The molecule has 15 heteroatoms. The van der Waals surface area contributed by atoms with Gasteiger partial charge in [0.2, 0.25) is 17.6 Å². The van der Waals surface area contributed by atoms with Crippen LogP contribution in [0.1, 0.15) is 33.6 Å². The van der Waals surface area contributed by atoms with E-state index in [2.05, 4.69) is 37.6 Å². The summed E-state index contributed by atoms with van der Waals surface area (Å²) in [6.07, 6.45) is 2.23. The van der Waals surface area contributed by atoms with Crippen LogP contribution < -0.4 is 15.5 Å². The highest BCUT2D eigenvalue weighted by molar-refractivity contribution is 6.25. The van der Waals surface area contributed by atoms with Gasteiger partial charge in [0.25, 0.3) is 11.8 Å². The molecular formula is C35H40N8O7. The SMILES string of the molecule is O=C1CCC(N2C(=O)c3cccc(NCCOCCOCCOCCN4CCN(c5ccn6c(n5)nc5ccccc56)CC4)c3C2=O)C(=O)N1. The van der Waals surface area contributed by atoms with Gasteiger partial charge in [-0.15, -0.1) is 0 Å². The Morgan fingerprint density at radius 3 is 2.36 bits per heavy atom. The van der Waals surface area contributed by atoms with Crippen molar-refractivity contribution in [1.29, 1.82) is 0 Å². The van der Waals surface area contributed by atoms with E-state index in [9.17, 15) is 19.2 Å². The summed E-state index contributed by atoms with van der Waals surface area (Å²) in [6, 6.07) is 14.1. The molecule has 2 saturated heterocycles. The maximum atomic E-state index is 13.2. The van der Waals surface area contributed by atoms with Crippen molar-refractivity contribution >= 4 is 51.9 Å². The van der Waals surface area contributed by atoms with Crippen LogP contribution in [0.4, 0.5) is 11.5 Å². The zero-order valence-corrected chi connectivity index (χ0v) is 27.7. The van der Waals surface area contributed by atoms with Gasteiger partial charge in [-0.05, 0) is 36.8 Å². The van der Waals surface area contributed by atoms with Crippen molar-refractivity contribution in [2.45, 2.75) is 18.9 Å². The summed E-state index contributed by atoms with van der Waals surface area (Å²) >= 11 is 0. The van der Waals surface area contributed by atoms with E-state index in [4.69, 9.17) is 19.2 Å². The average Bonchev–Trinajstić information content (AvgIpc) is 3.63. The van der Waals surface area contributed by atoms with Gasteiger partial charge in [0.1, 0.15) is 11.9 Å². The van der Waals surface area contributed by atoms with Crippen molar-refractivity contribution in [1.82, 2.24) is 29.5 Å². The number of piperazine rings is 1. The summed E-state index contributed by atoms with van der Waals surface area (Å²) in [6.45, 7) is 7.76. The second-order valence-corrected chi connectivity index (χ2v) is 12.3. The highest BCUT2D eigenvalue weighted by atomic mass is 16.5. The molecule has 15 nitrogen and oxygen atoms in total. The fourth-order valence-electron chi connectivity index (χ4n) is 6.57. The Hall–Kier alpha value is -4.96. The van der Waals surface area contributed by atoms with Gasteiger partial charge < -0.3 is 24.4 Å². The van der Waals surface area contributed by atoms with Crippen LogP contribution in [0, 0.1) is 0 Å². The average molecular weight is 685 g/mol. The number of rotatable bonds is 15. The Balaban J connectivity index is 0.732. The number of aromatic nitrogens is 3. The zero-order valence-electron chi connectivity index (χ0n) is 27.7. The third kappa shape index (κ3) is 7.16. The molecule has 0 aliphatic carbocycles. The Kier molecular flexibility index (Phi) is 10.3. The Bertz CT molecular complexity index is 1890. The first-order chi connectivity index (χ1) is 24.5. The molecule has 2 N–H and O–H groups in total. The Labute approximate surface area is 288 Å². The largest absolute Gasteiger partial charge is 0.382 e. The van der Waals surface area contributed by atoms with Crippen LogP contribution in [-0.2, 0) is 23.8 Å². The minimum absolute atomic E-state index is 0.0742. The lowest BCUT2D eigenvalue weighted by Crippen LogP contribution is -2.54. The van der Waals surface area contributed by atoms with Crippen molar-refractivity contribution < 1.29 is 33.4 Å². The molecule has 7 rings (SSSR count). The Morgan fingerprint density at radius 2 is 1.56 bits per heavy atom. The first-order valence-electron chi connectivity index (χ1n) is 17.0. The number of ether oxygens (including phenoxy) is 3. The molecule has 0 bridgehead atoms. The minimum Gasteiger partial charge on any atom is -0.382 e. The molecular weight excluding hydrogens is 644 g/mol. The molecule has 1 unspecified atom stereocenters. The number of hydrogen-bond acceptors (Lipinski definition) is 12. The predicted octanol–water partition coefficient (Wildman–Crippen LogP) is 1.57. The third-order valence-corrected chi connectivity index (χ3v) is 9.19. The number of benzene rings is 2. The van der Waals surface area contributed by atoms with Gasteiger partial charge in [0.05, 0.1) is 61.8 Å². The van der Waals surface area contributed by atoms with Crippen LogP contribution >= 0.6 is 0 Å². The second-order valence-electron chi connectivity index (χ2n) is 12.3. The van der Waals surface area contributed by atoms with Crippen molar-refractivity contribution in [2.75, 3.05) is 89.1 Å². The number of fused-ring (bicyclic) bond motifs is 4. The Morgan fingerprint density at radius 1 is 0.800 bits per heavy atom. The first-order valence-corrected chi connectivity index (χ1v) is 17.0. The topological polar surface area (TPSA) is 160 Å². The lowest BCUT2D eigenvalue weighted by molar-refractivity contribution is -0.136. The molecule has 4 amide bonds. The monoisotopic (exact) mass is 684 g/mol. The standard InChI is InChI=1S/C35H40N8O7/c44-30-9-8-28(32(45)39-30)43-33(46)24-4-3-6-26(31(24)34(43)47)36-11-18-48-20-22-50-23-21-49-19-17-40-13-15-41(16-14-40)29-10-12-42-27-7-2-1-5-25(27)37-35(42)38-29/h1-7,10,12,28,36H,8-9,11,13-23H2,(H,39,44,45). The molecule has 0 spiro atoms. The number of nitrogens with one attached hydrogen (secondary N) is 2. The number of piperidine rings is 1. The van der Waals surface area contributed by atoms with E-state index in [0.717, 1.165) is 60.3 Å². The normalized spacial score (nSPS) is 18.4. The van der Waals surface area contributed by atoms with Crippen LogP contribution in [0.2, 0.25) is 0 Å². The summed E-state index contributed by atoms with van der Waals surface area (Å²) in [4.78, 5) is 65.1. The number of nitrogens with zero attached hydrogens (tertiary/aromatic N) is 6. The van der Waals surface area contributed by atoms with E-state index in [0.29, 0.717) is 51.9 Å². The van der Waals surface area contributed by atoms with E-state index in [-0.39, 0.29) is 24.0 Å². The van der Waals surface area contributed by atoms with Crippen LogP contribution in [0.3, 0.4) is 0 Å². The fourth-order valence-corrected chi connectivity index (χ4v) is 6.57. The summed E-state index contributed by atoms with van der Waals surface area (Å²) < 4.78 is 19.1. The molecule has 0 saturated carbocycles. The predicted molar refractivity (Wildman–Crippen MR) is 183 cm³/mol. The number of carbonyl (C=O) groups is 4. The van der Waals surface area contributed by atoms with Crippen LogP contribution in [0.5, 0.6) is 0 Å².